The molecule has 3 nitrogen and oxygen atoms in total. The molecule has 0 heterocycles. The molecule has 0 bridgehead atoms. The van der Waals surface area contributed by atoms with Gasteiger partial charge in [0.25, 0.3) is 0 Å². The Morgan fingerprint density at radius 3 is 2.10 bits per heavy atom. The minimum atomic E-state index is -4.80. The molecule has 0 aliphatic rings. The van der Waals surface area contributed by atoms with Crippen molar-refractivity contribution in [3.05, 3.63) is 29.8 Å². The van der Waals surface area contributed by atoms with E-state index in [1.165, 1.54) is 12.1 Å². The lowest BCUT2D eigenvalue weighted by molar-refractivity contribution is -0.274. The second-order valence-corrected chi connectivity index (χ2v) is 4.48. The first-order valence-electron chi connectivity index (χ1n) is 5.71. The molecule has 108 valence electrons. The zero-order valence-electron chi connectivity index (χ0n) is 10.9. The van der Waals surface area contributed by atoms with E-state index in [1.54, 1.807) is 13.8 Å². The highest BCUT2D eigenvalue weighted by molar-refractivity contribution is 5.86. The Labute approximate surface area is 114 Å². The molecular formula is C14H13F3O3. The van der Waals surface area contributed by atoms with Crippen LogP contribution in [0.5, 0.6) is 5.75 Å². The normalized spacial score (nSPS) is 14.4. The lowest BCUT2D eigenvalue weighted by Crippen LogP contribution is -2.39. The van der Waals surface area contributed by atoms with Crippen LogP contribution in [-0.2, 0) is 10.2 Å². The van der Waals surface area contributed by atoms with Crippen LogP contribution in [-0.4, -0.2) is 17.4 Å². The third kappa shape index (κ3) is 3.05. The van der Waals surface area contributed by atoms with Crippen LogP contribution < -0.4 is 4.74 Å². The first kappa shape index (κ1) is 15.9. The van der Waals surface area contributed by atoms with Crippen molar-refractivity contribution in [2.45, 2.75) is 25.6 Å². The average Bonchev–Trinajstić information content (AvgIpc) is 2.29. The molecule has 1 rings (SSSR count). The molecule has 0 saturated carbocycles. The van der Waals surface area contributed by atoms with Crippen molar-refractivity contribution >= 4 is 5.97 Å². The molecule has 0 saturated heterocycles. The standard InChI is InChI=1S/C14H13F3O3/c1-4-13(9(2)3,12(18)19)10-5-7-11(8-6-10)20-14(15,16)17/h1,5-9H,2-3H3,(H,18,19). The van der Waals surface area contributed by atoms with Gasteiger partial charge in [0.2, 0.25) is 0 Å². The van der Waals surface area contributed by atoms with Gasteiger partial charge in [0, 0.05) is 0 Å². The van der Waals surface area contributed by atoms with Crippen LogP contribution in [0.1, 0.15) is 19.4 Å². The Balaban J connectivity index is 3.20. The molecule has 0 aliphatic heterocycles. The first-order valence-corrected chi connectivity index (χ1v) is 5.71. The molecular weight excluding hydrogens is 273 g/mol. The molecule has 20 heavy (non-hydrogen) atoms. The topological polar surface area (TPSA) is 46.5 Å². The average molecular weight is 286 g/mol. The van der Waals surface area contributed by atoms with E-state index < -0.39 is 29.4 Å². The molecule has 0 radical (unpaired) electrons. The summed E-state index contributed by atoms with van der Waals surface area (Å²) in [5, 5.41) is 9.35. The Kier molecular flexibility index (Phi) is 4.33. The largest absolute Gasteiger partial charge is 0.573 e. The van der Waals surface area contributed by atoms with Gasteiger partial charge in [0.05, 0.1) is 0 Å². The highest BCUT2D eigenvalue weighted by atomic mass is 19.4. The number of carboxylic acids is 1. The van der Waals surface area contributed by atoms with Gasteiger partial charge in [0.15, 0.2) is 5.41 Å². The minimum absolute atomic E-state index is 0.233. The highest BCUT2D eigenvalue weighted by Crippen LogP contribution is 2.34. The predicted octanol–water partition coefficient (Wildman–Crippen LogP) is 3.20. The van der Waals surface area contributed by atoms with Crippen molar-refractivity contribution in [1.82, 2.24) is 0 Å². The Bertz CT molecular complexity index is 526. The van der Waals surface area contributed by atoms with Crippen molar-refractivity contribution in [2.75, 3.05) is 0 Å². The van der Waals surface area contributed by atoms with Gasteiger partial charge < -0.3 is 9.84 Å². The maximum Gasteiger partial charge on any atom is 0.573 e. The number of ether oxygens (including phenoxy) is 1. The van der Waals surface area contributed by atoms with Gasteiger partial charge >= 0.3 is 12.3 Å². The molecule has 0 aromatic heterocycles. The zero-order valence-corrected chi connectivity index (χ0v) is 10.9. The van der Waals surface area contributed by atoms with E-state index in [-0.39, 0.29) is 5.56 Å². The zero-order chi connectivity index (χ0) is 15.6. The van der Waals surface area contributed by atoms with Crippen LogP contribution in [0.25, 0.3) is 0 Å². The molecule has 1 unspecified atom stereocenters. The summed E-state index contributed by atoms with van der Waals surface area (Å²) in [4.78, 5) is 11.5. The van der Waals surface area contributed by atoms with Gasteiger partial charge in [-0.05, 0) is 23.6 Å². The van der Waals surface area contributed by atoms with Gasteiger partial charge in [0.1, 0.15) is 5.75 Å². The molecule has 1 atom stereocenters. The lowest BCUT2D eigenvalue weighted by Gasteiger charge is -2.28. The van der Waals surface area contributed by atoms with Crippen molar-refractivity contribution < 1.29 is 27.8 Å². The monoisotopic (exact) mass is 286 g/mol. The number of benzene rings is 1. The van der Waals surface area contributed by atoms with E-state index in [0.29, 0.717) is 0 Å². The van der Waals surface area contributed by atoms with Crippen LogP contribution >= 0.6 is 0 Å². The number of terminal acetylenes is 1. The smallest absolute Gasteiger partial charge is 0.480 e. The third-order valence-electron chi connectivity index (χ3n) is 2.97. The number of carboxylic acid groups (broad SMARTS) is 1. The number of aliphatic carboxylic acids is 1. The van der Waals surface area contributed by atoms with Gasteiger partial charge in [-0.25, -0.2) is 0 Å². The second kappa shape index (κ2) is 5.45. The maximum atomic E-state index is 12.0. The van der Waals surface area contributed by atoms with Crippen LogP contribution in [0.4, 0.5) is 13.2 Å². The summed E-state index contributed by atoms with van der Waals surface area (Å²) in [5.41, 5.74) is -1.35. The summed E-state index contributed by atoms with van der Waals surface area (Å²) in [6.07, 6.45) is 0.543. The van der Waals surface area contributed by atoms with E-state index in [9.17, 15) is 23.1 Å². The number of rotatable bonds is 4. The second-order valence-electron chi connectivity index (χ2n) is 4.48. The van der Waals surface area contributed by atoms with Crippen LogP contribution in [0.3, 0.4) is 0 Å². The molecule has 0 amide bonds. The van der Waals surface area contributed by atoms with E-state index in [4.69, 9.17) is 6.42 Å². The van der Waals surface area contributed by atoms with Gasteiger partial charge in [-0.1, -0.05) is 31.9 Å². The summed E-state index contributed by atoms with van der Waals surface area (Å²) in [6.45, 7) is 3.27. The quantitative estimate of drug-likeness (QED) is 0.865. The predicted molar refractivity (Wildman–Crippen MR) is 66.1 cm³/mol. The van der Waals surface area contributed by atoms with Crippen LogP contribution in [0.2, 0.25) is 0 Å². The van der Waals surface area contributed by atoms with Crippen molar-refractivity contribution in [3.8, 4) is 18.1 Å². The highest BCUT2D eigenvalue weighted by Gasteiger charge is 2.42. The Morgan fingerprint density at radius 2 is 1.80 bits per heavy atom. The number of hydrogen-bond acceptors (Lipinski definition) is 2. The fourth-order valence-corrected chi connectivity index (χ4v) is 1.93. The van der Waals surface area contributed by atoms with Crippen LogP contribution in [0, 0.1) is 18.3 Å². The number of carbonyl (C=O) groups is 1. The summed E-state index contributed by atoms with van der Waals surface area (Å²) >= 11 is 0. The third-order valence-corrected chi connectivity index (χ3v) is 2.97. The molecule has 1 N–H and O–H groups in total. The van der Waals surface area contributed by atoms with Gasteiger partial charge in [-0.3, -0.25) is 4.79 Å². The first-order chi connectivity index (χ1) is 9.13. The lowest BCUT2D eigenvalue weighted by atomic mass is 9.72. The number of halogens is 3. The summed E-state index contributed by atoms with van der Waals surface area (Å²) < 4.78 is 39.9. The van der Waals surface area contributed by atoms with E-state index >= 15 is 0 Å². The Hall–Kier alpha value is -2.16. The van der Waals surface area contributed by atoms with Crippen molar-refractivity contribution in [2.24, 2.45) is 5.92 Å². The molecule has 1 aromatic carbocycles. The molecule has 1 aromatic rings. The van der Waals surface area contributed by atoms with Crippen molar-refractivity contribution in [1.29, 1.82) is 0 Å². The fraction of sp³-hybridized carbons (Fsp3) is 0.357. The fourth-order valence-electron chi connectivity index (χ4n) is 1.93. The summed E-state index contributed by atoms with van der Waals surface area (Å²) in [5.74, 6) is 0.153. The number of hydrogen-bond donors (Lipinski definition) is 1. The SMILES string of the molecule is C#CC(C(=O)O)(c1ccc(OC(F)(F)F)cc1)C(C)C. The molecule has 0 aliphatic carbocycles. The molecule has 0 spiro atoms. The number of alkyl halides is 3. The van der Waals surface area contributed by atoms with E-state index in [1.807, 2.05) is 0 Å². The molecule has 6 heteroatoms. The molecule has 0 fully saturated rings. The maximum absolute atomic E-state index is 12.0. The van der Waals surface area contributed by atoms with Gasteiger partial charge in [-0.15, -0.1) is 19.6 Å². The summed E-state index contributed by atoms with van der Waals surface area (Å²) in [6, 6.07) is 4.55. The van der Waals surface area contributed by atoms with Crippen molar-refractivity contribution in [3.63, 3.8) is 0 Å². The van der Waals surface area contributed by atoms with Crippen LogP contribution in [0.15, 0.2) is 24.3 Å². The van der Waals surface area contributed by atoms with E-state index in [0.717, 1.165) is 12.1 Å². The summed E-state index contributed by atoms with van der Waals surface area (Å²) in [7, 11) is 0. The minimum Gasteiger partial charge on any atom is -0.480 e. The van der Waals surface area contributed by atoms with Gasteiger partial charge in [-0.2, -0.15) is 0 Å². The Morgan fingerprint density at radius 1 is 1.30 bits per heavy atom. The van der Waals surface area contributed by atoms with E-state index in [2.05, 4.69) is 10.7 Å².